The Kier molecular flexibility index (Phi) is 4.62. The average molecular weight is 216 g/mol. The van der Waals surface area contributed by atoms with E-state index in [1.165, 1.54) is 0 Å². The average Bonchev–Trinajstić information content (AvgIpc) is 2.18. The van der Waals surface area contributed by atoms with Crippen LogP contribution in [0.2, 0.25) is 5.28 Å². The summed E-state index contributed by atoms with van der Waals surface area (Å²) in [5.74, 6) is 0.767. The minimum Gasteiger partial charge on any atom is -0.396 e. The summed E-state index contributed by atoms with van der Waals surface area (Å²) >= 11 is 5.65. The minimum atomic E-state index is 0.227. The highest BCUT2D eigenvalue weighted by Gasteiger charge is 2.00. The maximum absolute atomic E-state index is 8.59. The number of unbranched alkanes of at least 4 members (excludes halogenated alkanes) is 1. The molecule has 0 aliphatic heterocycles. The van der Waals surface area contributed by atoms with Gasteiger partial charge in [-0.25, -0.2) is 9.97 Å². The highest BCUT2D eigenvalue weighted by molar-refractivity contribution is 6.28. The van der Waals surface area contributed by atoms with Crippen molar-refractivity contribution in [2.24, 2.45) is 0 Å². The second-order valence-corrected chi connectivity index (χ2v) is 3.37. The Bertz CT molecular complexity index is 293. The summed E-state index contributed by atoms with van der Waals surface area (Å²) < 4.78 is 0. The maximum atomic E-state index is 8.59. The molecule has 1 aromatic rings. The van der Waals surface area contributed by atoms with Gasteiger partial charge in [0, 0.05) is 24.9 Å². The topological polar surface area (TPSA) is 58.0 Å². The number of hydrogen-bond acceptors (Lipinski definition) is 4. The minimum absolute atomic E-state index is 0.227. The molecule has 0 unspecified atom stereocenters. The monoisotopic (exact) mass is 215 g/mol. The normalized spacial score (nSPS) is 10.2. The zero-order chi connectivity index (χ0) is 10.4. The van der Waals surface area contributed by atoms with Gasteiger partial charge in [0.2, 0.25) is 5.28 Å². The predicted octanol–water partition coefficient (Wildman–Crippen LogP) is 1.62. The van der Waals surface area contributed by atoms with Crippen molar-refractivity contribution in [2.45, 2.75) is 19.8 Å². The molecule has 0 fully saturated rings. The van der Waals surface area contributed by atoms with Gasteiger partial charge < -0.3 is 10.4 Å². The zero-order valence-electron chi connectivity index (χ0n) is 8.13. The van der Waals surface area contributed by atoms with Gasteiger partial charge in [-0.15, -0.1) is 0 Å². The van der Waals surface area contributed by atoms with Gasteiger partial charge in [0.05, 0.1) is 0 Å². The van der Waals surface area contributed by atoms with Crippen LogP contribution in [-0.4, -0.2) is 28.2 Å². The number of aliphatic hydroxyl groups excluding tert-OH is 1. The summed E-state index contributed by atoms with van der Waals surface area (Å²) in [4.78, 5) is 7.91. The largest absolute Gasteiger partial charge is 0.396 e. The molecule has 0 amide bonds. The number of aromatic nitrogens is 2. The molecule has 0 aromatic carbocycles. The number of nitrogens with zero attached hydrogens (tertiary/aromatic N) is 2. The van der Waals surface area contributed by atoms with Crippen molar-refractivity contribution >= 4 is 17.4 Å². The van der Waals surface area contributed by atoms with Gasteiger partial charge in [0.15, 0.2) is 0 Å². The molecule has 0 saturated carbocycles. The van der Waals surface area contributed by atoms with E-state index in [0.29, 0.717) is 0 Å². The van der Waals surface area contributed by atoms with Crippen LogP contribution in [0.4, 0.5) is 5.82 Å². The van der Waals surface area contributed by atoms with Crippen LogP contribution in [0.5, 0.6) is 0 Å². The number of halogens is 1. The summed E-state index contributed by atoms with van der Waals surface area (Å²) in [6.07, 6.45) is 3.39. The molecule has 0 aliphatic carbocycles. The van der Waals surface area contributed by atoms with Gasteiger partial charge >= 0.3 is 0 Å². The van der Waals surface area contributed by atoms with Crippen molar-refractivity contribution in [3.8, 4) is 0 Å². The van der Waals surface area contributed by atoms with Gasteiger partial charge in [-0.05, 0) is 31.4 Å². The molecule has 0 atom stereocenters. The van der Waals surface area contributed by atoms with E-state index in [0.717, 1.165) is 30.8 Å². The van der Waals surface area contributed by atoms with Crippen molar-refractivity contribution in [1.29, 1.82) is 0 Å². The van der Waals surface area contributed by atoms with E-state index in [1.54, 1.807) is 6.20 Å². The Morgan fingerprint density at radius 1 is 1.50 bits per heavy atom. The quantitative estimate of drug-likeness (QED) is 0.579. The van der Waals surface area contributed by atoms with Crippen LogP contribution in [0.1, 0.15) is 18.4 Å². The van der Waals surface area contributed by atoms with Gasteiger partial charge in [-0.2, -0.15) is 0 Å². The molecule has 1 rings (SSSR count). The van der Waals surface area contributed by atoms with Gasteiger partial charge in [-0.1, -0.05) is 0 Å². The Morgan fingerprint density at radius 2 is 2.29 bits per heavy atom. The fourth-order valence-electron chi connectivity index (χ4n) is 1.04. The van der Waals surface area contributed by atoms with Crippen molar-refractivity contribution < 1.29 is 5.11 Å². The van der Waals surface area contributed by atoms with Crippen LogP contribution >= 0.6 is 11.6 Å². The van der Waals surface area contributed by atoms with E-state index in [4.69, 9.17) is 16.7 Å². The molecule has 0 spiro atoms. The Labute approximate surface area is 88.3 Å². The van der Waals surface area contributed by atoms with Crippen LogP contribution in [0.25, 0.3) is 0 Å². The third-order valence-electron chi connectivity index (χ3n) is 1.82. The fourth-order valence-corrected chi connectivity index (χ4v) is 1.18. The van der Waals surface area contributed by atoms with Crippen LogP contribution in [-0.2, 0) is 0 Å². The standard InChI is InChI=1S/C9H14ClN3O/c1-7-6-12-9(10)13-8(7)11-4-2-3-5-14/h6,14H,2-5H2,1H3,(H,11,12,13). The summed E-state index contributed by atoms with van der Waals surface area (Å²) in [6.45, 7) is 2.94. The van der Waals surface area contributed by atoms with E-state index in [2.05, 4.69) is 15.3 Å². The van der Waals surface area contributed by atoms with Crippen LogP contribution in [0, 0.1) is 6.92 Å². The molecule has 4 nitrogen and oxygen atoms in total. The van der Waals surface area contributed by atoms with Crippen LogP contribution in [0.15, 0.2) is 6.20 Å². The van der Waals surface area contributed by atoms with Crippen molar-refractivity contribution in [3.63, 3.8) is 0 Å². The van der Waals surface area contributed by atoms with Gasteiger partial charge in [0.25, 0.3) is 0 Å². The summed E-state index contributed by atoms with van der Waals surface area (Å²) in [5, 5.41) is 12.0. The van der Waals surface area contributed by atoms with Crippen LogP contribution < -0.4 is 5.32 Å². The molecule has 14 heavy (non-hydrogen) atoms. The smallest absolute Gasteiger partial charge is 0.224 e. The Hall–Kier alpha value is -0.870. The summed E-state index contributed by atoms with van der Waals surface area (Å²) in [7, 11) is 0. The summed E-state index contributed by atoms with van der Waals surface area (Å²) in [5.41, 5.74) is 0.971. The van der Waals surface area contributed by atoms with E-state index >= 15 is 0 Å². The molecule has 0 radical (unpaired) electrons. The van der Waals surface area contributed by atoms with Crippen molar-refractivity contribution in [2.75, 3.05) is 18.5 Å². The first-order valence-corrected chi connectivity index (χ1v) is 4.95. The lowest BCUT2D eigenvalue weighted by Crippen LogP contribution is -2.06. The molecular formula is C9H14ClN3O. The molecule has 1 aromatic heterocycles. The predicted molar refractivity (Wildman–Crippen MR) is 56.6 cm³/mol. The Balaban J connectivity index is 2.45. The lowest BCUT2D eigenvalue weighted by molar-refractivity contribution is 0.286. The van der Waals surface area contributed by atoms with Crippen molar-refractivity contribution in [1.82, 2.24) is 9.97 Å². The van der Waals surface area contributed by atoms with E-state index in [-0.39, 0.29) is 11.9 Å². The van der Waals surface area contributed by atoms with Crippen molar-refractivity contribution in [3.05, 3.63) is 17.0 Å². The number of nitrogens with one attached hydrogen (secondary N) is 1. The second-order valence-electron chi connectivity index (χ2n) is 3.03. The lowest BCUT2D eigenvalue weighted by Gasteiger charge is -2.07. The van der Waals surface area contributed by atoms with E-state index < -0.39 is 0 Å². The second kappa shape index (κ2) is 5.78. The molecule has 0 saturated heterocycles. The Morgan fingerprint density at radius 3 is 3.00 bits per heavy atom. The third-order valence-corrected chi connectivity index (χ3v) is 2.00. The first-order chi connectivity index (χ1) is 6.74. The highest BCUT2D eigenvalue weighted by atomic mass is 35.5. The number of aryl methyl sites for hydroxylation is 1. The maximum Gasteiger partial charge on any atom is 0.224 e. The third kappa shape index (κ3) is 3.47. The summed E-state index contributed by atoms with van der Waals surface area (Å²) in [6, 6.07) is 0. The number of anilines is 1. The van der Waals surface area contributed by atoms with E-state index in [1.807, 2.05) is 6.92 Å². The number of hydrogen-bond donors (Lipinski definition) is 2. The van der Waals surface area contributed by atoms with E-state index in [9.17, 15) is 0 Å². The molecule has 1 heterocycles. The molecule has 0 aliphatic rings. The molecular weight excluding hydrogens is 202 g/mol. The number of aliphatic hydroxyl groups is 1. The first-order valence-electron chi connectivity index (χ1n) is 4.58. The highest BCUT2D eigenvalue weighted by Crippen LogP contribution is 2.12. The lowest BCUT2D eigenvalue weighted by atomic mass is 10.3. The number of rotatable bonds is 5. The SMILES string of the molecule is Cc1cnc(Cl)nc1NCCCCO. The van der Waals surface area contributed by atoms with Crippen LogP contribution in [0.3, 0.4) is 0 Å². The molecule has 2 N–H and O–H groups in total. The first kappa shape index (κ1) is 11.2. The van der Waals surface area contributed by atoms with Gasteiger partial charge in [0.1, 0.15) is 5.82 Å². The fraction of sp³-hybridized carbons (Fsp3) is 0.556. The molecule has 0 bridgehead atoms. The molecule has 5 heteroatoms. The van der Waals surface area contributed by atoms with Gasteiger partial charge in [-0.3, -0.25) is 0 Å². The zero-order valence-corrected chi connectivity index (χ0v) is 8.88. The molecule has 78 valence electrons.